The molecule has 3 aromatic rings. The molecule has 24 heavy (non-hydrogen) atoms. The Morgan fingerprint density at radius 2 is 2.04 bits per heavy atom. The van der Waals surface area contributed by atoms with Crippen LogP contribution in [0.1, 0.15) is 16.4 Å². The van der Waals surface area contributed by atoms with Gasteiger partial charge in [0.2, 0.25) is 0 Å². The Labute approximate surface area is 137 Å². The molecular weight excluding hydrogens is 310 g/mol. The van der Waals surface area contributed by atoms with Gasteiger partial charge in [0, 0.05) is 5.56 Å². The van der Waals surface area contributed by atoms with Crippen LogP contribution >= 0.6 is 0 Å². The smallest absolute Gasteiger partial charge is 0.289 e. The van der Waals surface area contributed by atoms with Gasteiger partial charge in [0.15, 0.2) is 11.6 Å². The molecule has 4 rings (SSSR count). The van der Waals surface area contributed by atoms with Crippen molar-refractivity contribution in [2.75, 3.05) is 13.1 Å². The zero-order valence-corrected chi connectivity index (χ0v) is 13.0. The first-order chi connectivity index (χ1) is 11.7. The van der Waals surface area contributed by atoms with Crippen LogP contribution in [-0.2, 0) is 0 Å². The maximum atomic E-state index is 12.0. The molecule has 1 amide bonds. The van der Waals surface area contributed by atoms with Gasteiger partial charge in [-0.1, -0.05) is 5.16 Å². The van der Waals surface area contributed by atoms with Gasteiger partial charge in [0.1, 0.15) is 11.9 Å². The quantitative estimate of drug-likeness (QED) is 0.733. The molecular formula is C17H15N3O4. The maximum absolute atomic E-state index is 12.0. The van der Waals surface area contributed by atoms with Crippen molar-refractivity contribution in [3.63, 3.8) is 0 Å². The number of nitrogens with zero attached hydrogens (tertiary/aromatic N) is 3. The van der Waals surface area contributed by atoms with E-state index < -0.39 is 0 Å². The highest BCUT2D eigenvalue weighted by Gasteiger charge is 2.33. The molecule has 1 aliphatic heterocycles. The highest BCUT2D eigenvalue weighted by atomic mass is 16.5. The van der Waals surface area contributed by atoms with Crippen molar-refractivity contribution in [1.82, 2.24) is 15.0 Å². The van der Waals surface area contributed by atoms with Gasteiger partial charge in [-0.25, -0.2) is 0 Å². The van der Waals surface area contributed by atoms with Gasteiger partial charge >= 0.3 is 0 Å². The molecule has 1 aromatic carbocycles. The van der Waals surface area contributed by atoms with Gasteiger partial charge < -0.3 is 18.6 Å². The minimum Gasteiger partial charge on any atom is -0.487 e. The molecule has 0 spiro atoms. The second-order valence-electron chi connectivity index (χ2n) is 5.60. The Bertz CT molecular complexity index is 833. The van der Waals surface area contributed by atoms with E-state index in [1.54, 1.807) is 24.0 Å². The molecule has 3 heterocycles. The van der Waals surface area contributed by atoms with Crippen LogP contribution in [0.15, 0.2) is 51.6 Å². The highest BCUT2D eigenvalue weighted by molar-refractivity contribution is 5.92. The Balaban J connectivity index is 1.33. The predicted octanol–water partition coefficient (Wildman–Crippen LogP) is 2.54. The van der Waals surface area contributed by atoms with Crippen molar-refractivity contribution in [3.8, 4) is 17.2 Å². The summed E-state index contributed by atoms with van der Waals surface area (Å²) >= 11 is 0. The topological polar surface area (TPSA) is 81.6 Å². The van der Waals surface area contributed by atoms with E-state index in [4.69, 9.17) is 13.7 Å². The summed E-state index contributed by atoms with van der Waals surface area (Å²) in [5, 5.41) is 3.77. The Morgan fingerprint density at radius 3 is 2.67 bits per heavy atom. The lowest BCUT2D eigenvalue weighted by molar-refractivity contribution is 0.0155. The number of likely N-dealkylation sites (tertiary alicyclic amines) is 1. The summed E-state index contributed by atoms with van der Waals surface area (Å²) < 4.78 is 16.1. The van der Waals surface area contributed by atoms with E-state index >= 15 is 0 Å². The van der Waals surface area contributed by atoms with Gasteiger partial charge in [0.25, 0.3) is 11.8 Å². The standard InChI is InChI=1S/C17H15N3O4/c1-11-18-16(24-19-11)12-4-6-13(7-5-12)23-14-9-20(10-14)17(21)15-3-2-8-22-15/h2-8,14H,9-10H2,1H3. The summed E-state index contributed by atoms with van der Waals surface area (Å²) in [7, 11) is 0. The average molecular weight is 325 g/mol. The van der Waals surface area contributed by atoms with E-state index in [1.165, 1.54) is 6.26 Å². The number of benzene rings is 1. The number of carbonyl (C=O) groups is 1. The number of hydrogen-bond acceptors (Lipinski definition) is 6. The normalized spacial score (nSPS) is 14.5. The summed E-state index contributed by atoms with van der Waals surface area (Å²) in [6.07, 6.45) is 1.48. The van der Waals surface area contributed by atoms with Crippen LogP contribution in [-0.4, -0.2) is 40.1 Å². The van der Waals surface area contributed by atoms with Gasteiger partial charge in [-0.15, -0.1) is 0 Å². The number of furan rings is 1. The molecule has 0 radical (unpaired) electrons. The van der Waals surface area contributed by atoms with Crippen LogP contribution in [0.4, 0.5) is 0 Å². The van der Waals surface area contributed by atoms with E-state index in [-0.39, 0.29) is 12.0 Å². The summed E-state index contributed by atoms with van der Waals surface area (Å²) in [4.78, 5) is 17.9. The predicted molar refractivity (Wildman–Crippen MR) is 83.5 cm³/mol. The van der Waals surface area contributed by atoms with E-state index in [0.717, 1.165) is 11.3 Å². The number of carbonyl (C=O) groups excluding carboxylic acids is 1. The fourth-order valence-electron chi connectivity index (χ4n) is 2.52. The largest absolute Gasteiger partial charge is 0.487 e. The SMILES string of the molecule is Cc1noc(-c2ccc(OC3CN(C(=O)c4ccco4)C3)cc2)n1. The van der Waals surface area contributed by atoms with Gasteiger partial charge in [-0.05, 0) is 43.3 Å². The third-order valence-electron chi connectivity index (χ3n) is 3.80. The molecule has 1 aliphatic rings. The van der Waals surface area contributed by atoms with Gasteiger partial charge in [0.05, 0.1) is 19.4 Å². The first-order valence-electron chi connectivity index (χ1n) is 7.59. The molecule has 0 aliphatic carbocycles. The van der Waals surface area contributed by atoms with E-state index in [0.29, 0.717) is 30.6 Å². The van der Waals surface area contributed by atoms with Crippen molar-refractivity contribution in [2.24, 2.45) is 0 Å². The second kappa shape index (κ2) is 5.84. The molecule has 1 saturated heterocycles. The lowest BCUT2D eigenvalue weighted by Crippen LogP contribution is -2.56. The van der Waals surface area contributed by atoms with Crippen LogP contribution in [0.2, 0.25) is 0 Å². The molecule has 1 fully saturated rings. The fraction of sp³-hybridized carbons (Fsp3) is 0.235. The minimum absolute atomic E-state index is 0.0135. The minimum atomic E-state index is -0.109. The zero-order chi connectivity index (χ0) is 16.5. The molecule has 0 bridgehead atoms. The van der Waals surface area contributed by atoms with Crippen LogP contribution in [0.5, 0.6) is 5.75 Å². The molecule has 0 atom stereocenters. The lowest BCUT2D eigenvalue weighted by Gasteiger charge is -2.38. The van der Waals surface area contributed by atoms with E-state index in [2.05, 4.69) is 10.1 Å². The Hall–Kier alpha value is -3.09. The number of hydrogen-bond donors (Lipinski definition) is 0. The van der Waals surface area contributed by atoms with Crippen LogP contribution in [0.3, 0.4) is 0 Å². The number of ether oxygens (including phenoxy) is 1. The van der Waals surface area contributed by atoms with E-state index in [9.17, 15) is 4.79 Å². The monoisotopic (exact) mass is 325 g/mol. The number of rotatable bonds is 4. The van der Waals surface area contributed by atoms with Crippen molar-refractivity contribution >= 4 is 5.91 Å². The molecule has 2 aromatic heterocycles. The van der Waals surface area contributed by atoms with Gasteiger partial charge in [-0.2, -0.15) is 4.98 Å². The van der Waals surface area contributed by atoms with Crippen molar-refractivity contribution in [2.45, 2.75) is 13.0 Å². The van der Waals surface area contributed by atoms with Crippen LogP contribution in [0, 0.1) is 6.92 Å². The number of amides is 1. The molecule has 0 saturated carbocycles. The molecule has 7 nitrogen and oxygen atoms in total. The zero-order valence-electron chi connectivity index (χ0n) is 13.0. The summed E-state index contributed by atoms with van der Waals surface area (Å²) in [6.45, 7) is 2.87. The second-order valence-corrected chi connectivity index (χ2v) is 5.60. The van der Waals surface area contributed by atoms with Crippen LogP contribution < -0.4 is 4.74 Å². The summed E-state index contributed by atoms with van der Waals surface area (Å²) in [5.41, 5.74) is 0.839. The third kappa shape index (κ3) is 2.76. The van der Waals surface area contributed by atoms with Crippen molar-refractivity contribution in [3.05, 3.63) is 54.2 Å². The summed E-state index contributed by atoms with van der Waals surface area (Å²) in [5.74, 6) is 2.07. The maximum Gasteiger partial charge on any atom is 0.289 e. The Morgan fingerprint density at radius 1 is 1.25 bits per heavy atom. The summed E-state index contributed by atoms with van der Waals surface area (Å²) in [6, 6.07) is 10.8. The Kier molecular flexibility index (Phi) is 3.53. The van der Waals surface area contributed by atoms with Gasteiger partial charge in [-0.3, -0.25) is 4.79 Å². The fourth-order valence-corrected chi connectivity index (χ4v) is 2.52. The third-order valence-corrected chi connectivity index (χ3v) is 3.80. The molecule has 0 N–H and O–H groups in total. The molecule has 7 heteroatoms. The van der Waals surface area contributed by atoms with E-state index in [1.807, 2.05) is 24.3 Å². The first kappa shape index (κ1) is 14.5. The molecule has 0 unspecified atom stereocenters. The van der Waals surface area contributed by atoms with Crippen molar-refractivity contribution < 1.29 is 18.5 Å². The first-order valence-corrected chi connectivity index (χ1v) is 7.59. The number of aryl methyl sites for hydroxylation is 1. The van der Waals surface area contributed by atoms with Crippen LogP contribution in [0.25, 0.3) is 11.5 Å². The highest BCUT2D eigenvalue weighted by Crippen LogP contribution is 2.24. The molecule has 122 valence electrons. The lowest BCUT2D eigenvalue weighted by atomic mass is 10.1. The van der Waals surface area contributed by atoms with Crippen molar-refractivity contribution in [1.29, 1.82) is 0 Å². The number of aromatic nitrogens is 2. The average Bonchev–Trinajstić information content (AvgIpc) is 3.22.